The Morgan fingerprint density at radius 1 is 1.07 bits per heavy atom. The van der Waals surface area contributed by atoms with Gasteiger partial charge < -0.3 is 0 Å². The first-order valence-corrected chi connectivity index (χ1v) is 9.11. The van der Waals surface area contributed by atoms with Crippen LogP contribution in [0.3, 0.4) is 0 Å². The van der Waals surface area contributed by atoms with Gasteiger partial charge in [0.05, 0.1) is 10.8 Å². The highest BCUT2D eigenvalue weighted by atomic mass is 32.2. The van der Waals surface area contributed by atoms with Crippen molar-refractivity contribution in [2.75, 3.05) is 0 Å². The molecule has 0 spiro atoms. The van der Waals surface area contributed by atoms with Gasteiger partial charge in [-0.3, -0.25) is 19.7 Å². The van der Waals surface area contributed by atoms with E-state index in [1.165, 1.54) is 30.3 Å². The lowest BCUT2D eigenvalue weighted by atomic mass is 10.0. The molecule has 1 saturated heterocycles. The minimum Gasteiger partial charge on any atom is -0.289 e. The number of ketones is 1. The number of hydrogen-bond donors (Lipinski definition) is 1. The molecule has 1 N–H and O–H groups in total. The van der Waals surface area contributed by atoms with Crippen LogP contribution < -0.4 is 5.32 Å². The molecule has 28 heavy (non-hydrogen) atoms. The first kappa shape index (κ1) is 19.9. The van der Waals surface area contributed by atoms with E-state index in [4.69, 9.17) is 0 Å². The van der Waals surface area contributed by atoms with Gasteiger partial charge in [0, 0.05) is 5.56 Å². The fourth-order valence-electron chi connectivity index (χ4n) is 2.71. The predicted octanol–water partition coefficient (Wildman–Crippen LogP) is 4.50. The van der Waals surface area contributed by atoms with Gasteiger partial charge in [-0.1, -0.05) is 60.3 Å². The molecular formula is C20H14F3NO3S. The van der Waals surface area contributed by atoms with Crippen molar-refractivity contribution in [3.05, 3.63) is 76.9 Å². The Bertz CT molecular complexity index is 952. The van der Waals surface area contributed by atoms with Gasteiger partial charge in [0.25, 0.3) is 5.24 Å². The SMILES string of the molecule is O=C1NC(=O)C(Cc2ccc(C(=O)/C=C/c3ccccc3C(F)(F)F)cc2)S1. The van der Waals surface area contributed by atoms with Crippen molar-refractivity contribution >= 4 is 34.8 Å². The first-order valence-electron chi connectivity index (χ1n) is 8.23. The third-order valence-corrected chi connectivity index (χ3v) is 5.09. The Labute approximate surface area is 162 Å². The molecule has 8 heteroatoms. The van der Waals surface area contributed by atoms with E-state index in [0.717, 1.165) is 35.5 Å². The number of thioether (sulfide) groups is 1. The number of allylic oxidation sites excluding steroid dienone is 1. The lowest BCUT2D eigenvalue weighted by molar-refractivity contribution is -0.137. The van der Waals surface area contributed by atoms with Crippen molar-refractivity contribution in [3.63, 3.8) is 0 Å². The Hall–Kier alpha value is -2.87. The maximum atomic E-state index is 13.0. The number of alkyl halides is 3. The lowest BCUT2D eigenvalue weighted by Gasteiger charge is -2.09. The van der Waals surface area contributed by atoms with Crippen LogP contribution in [-0.2, 0) is 17.4 Å². The molecule has 1 unspecified atom stereocenters. The summed E-state index contributed by atoms with van der Waals surface area (Å²) in [6.45, 7) is 0. The van der Waals surface area contributed by atoms with Crippen LogP contribution >= 0.6 is 11.8 Å². The summed E-state index contributed by atoms with van der Waals surface area (Å²) in [7, 11) is 0. The number of nitrogens with one attached hydrogen (secondary N) is 1. The zero-order chi connectivity index (χ0) is 20.3. The minimum atomic E-state index is -4.50. The highest BCUT2D eigenvalue weighted by Crippen LogP contribution is 2.32. The van der Waals surface area contributed by atoms with Gasteiger partial charge in [-0.05, 0) is 29.7 Å². The van der Waals surface area contributed by atoms with Crippen molar-refractivity contribution < 1.29 is 27.6 Å². The van der Waals surface area contributed by atoms with E-state index in [-0.39, 0.29) is 16.7 Å². The Morgan fingerprint density at radius 2 is 1.75 bits per heavy atom. The smallest absolute Gasteiger partial charge is 0.289 e. The molecule has 0 aromatic heterocycles. The van der Waals surface area contributed by atoms with Gasteiger partial charge in [0.1, 0.15) is 0 Å². The molecular weight excluding hydrogens is 391 g/mol. The Balaban J connectivity index is 1.70. The molecule has 0 saturated carbocycles. The van der Waals surface area contributed by atoms with Gasteiger partial charge in [-0.2, -0.15) is 13.2 Å². The second-order valence-electron chi connectivity index (χ2n) is 6.07. The molecule has 1 heterocycles. The van der Waals surface area contributed by atoms with Gasteiger partial charge in [-0.25, -0.2) is 0 Å². The molecule has 0 bridgehead atoms. The zero-order valence-corrected chi connectivity index (χ0v) is 15.1. The number of amides is 2. The summed E-state index contributed by atoms with van der Waals surface area (Å²) in [4.78, 5) is 35.0. The number of rotatable bonds is 5. The number of hydrogen-bond acceptors (Lipinski definition) is 4. The zero-order valence-electron chi connectivity index (χ0n) is 14.3. The maximum absolute atomic E-state index is 13.0. The van der Waals surface area contributed by atoms with Crippen LogP contribution in [0, 0.1) is 0 Å². The van der Waals surface area contributed by atoms with Gasteiger partial charge in [0.2, 0.25) is 5.91 Å². The Kier molecular flexibility index (Phi) is 5.69. The number of carbonyl (C=O) groups excluding carboxylic acids is 3. The van der Waals surface area contributed by atoms with Gasteiger partial charge in [0.15, 0.2) is 5.78 Å². The van der Waals surface area contributed by atoms with Crippen LogP contribution in [0.1, 0.15) is 27.0 Å². The summed E-state index contributed by atoms with van der Waals surface area (Å²) in [5, 5.41) is 1.32. The first-order chi connectivity index (χ1) is 13.2. The van der Waals surface area contributed by atoms with Crippen molar-refractivity contribution in [1.29, 1.82) is 0 Å². The van der Waals surface area contributed by atoms with E-state index in [1.54, 1.807) is 12.1 Å². The predicted molar refractivity (Wildman–Crippen MR) is 99.9 cm³/mol. The van der Waals surface area contributed by atoms with E-state index < -0.39 is 22.8 Å². The lowest BCUT2D eigenvalue weighted by Crippen LogP contribution is -2.25. The topological polar surface area (TPSA) is 63.2 Å². The molecule has 1 aliphatic heterocycles. The summed E-state index contributed by atoms with van der Waals surface area (Å²) in [5.74, 6) is -0.784. The van der Waals surface area contributed by atoms with Crippen LogP contribution in [0.2, 0.25) is 0 Å². The van der Waals surface area contributed by atoms with Crippen molar-refractivity contribution in [2.45, 2.75) is 17.8 Å². The maximum Gasteiger partial charge on any atom is 0.416 e. The van der Waals surface area contributed by atoms with Gasteiger partial charge >= 0.3 is 6.18 Å². The number of benzene rings is 2. The third-order valence-electron chi connectivity index (χ3n) is 4.11. The molecule has 3 rings (SSSR count). The molecule has 1 atom stereocenters. The molecule has 2 aromatic rings. The highest BCUT2D eigenvalue weighted by Gasteiger charge is 2.32. The third kappa shape index (κ3) is 4.69. The van der Waals surface area contributed by atoms with E-state index in [9.17, 15) is 27.6 Å². The van der Waals surface area contributed by atoms with E-state index >= 15 is 0 Å². The largest absolute Gasteiger partial charge is 0.416 e. The van der Waals surface area contributed by atoms with Gasteiger partial charge in [-0.15, -0.1) is 0 Å². The van der Waals surface area contributed by atoms with Crippen LogP contribution in [0.5, 0.6) is 0 Å². The molecule has 0 aliphatic carbocycles. The van der Waals surface area contributed by atoms with Crippen LogP contribution in [0.25, 0.3) is 6.08 Å². The highest BCUT2D eigenvalue weighted by molar-refractivity contribution is 8.15. The minimum absolute atomic E-state index is 0.0890. The molecule has 144 valence electrons. The summed E-state index contributed by atoms with van der Waals surface area (Å²) >= 11 is 0.918. The molecule has 4 nitrogen and oxygen atoms in total. The quantitative estimate of drug-likeness (QED) is 0.588. The fourth-order valence-corrected chi connectivity index (χ4v) is 3.57. The second-order valence-corrected chi connectivity index (χ2v) is 7.24. The summed E-state index contributed by atoms with van der Waals surface area (Å²) in [6.07, 6.45) is -1.92. The summed E-state index contributed by atoms with van der Waals surface area (Å²) in [5.41, 5.74) is 0.180. The van der Waals surface area contributed by atoms with Crippen LogP contribution in [-0.4, -0.2) is 22.2 Å². The molecule has 2 amide bonds. The molecule has 0 radical (unpaired) electrons. The normalized spacial score (nSPS) is 17.2. The van der Waals surface area contributed by atoms with Crippen LogP contribution in [0.4, 0.5) is 18.0 Å². The molecule has 1 fully saturated rings. The fraction of sp³-hybridized carbons (Fsp3) is 0.150. The molecule has 2 aromatic carbocycles. The number of imide groups is 1. The van der Waals surface area contributed by atoms with E-state index in [0.29, 0.717) is 12.0 Å². The average Bonchev–Trinajstić information content (AvgIpc) is 2.96. The van der Waals surface area contributed by atoms with Crippen molar-refractivity contribution in [2.24, 2.45) is 0 Å². The number of carbonyl (C=O) groups is 3. The average molecular weight is 405 g/mol. The van der Waals surface area contributed by atoms with E-state index in [1.807, 2.05) is 0 Å². The molecule has 1 aliphatic rings. The van der Waals surface area contributed by atoms with E-state index in [2.05, 4.69) is 5.32 Å². The second kappa shape index (κ2) is 8.02. The van der Waals surface area contributed by atoms with Crippen LogP contribution in [0.15, 0.2) is 54.6 Å². The van der Waals surface area contributed by atoms with Crippen molar-refractivity contribution in [1.82, 2.24) is 5.32 Å². The monoisotopic (exact) mass is 405 g/mol. The Morgan fingerprint density at radius 3 is 2.36 bits per heavy atom. The summed E-state index contributed by atoms with van der Waals surface area (Å²) < 4.78 is 39.0. The summed E-state index contributed by atoms with van der Waals surface area (Å²) in [6, 6.07) is 11.4. The van der Waals surface area contributed by atoms with Crippen molar-refractivity contribution in [3.8, 4) is 0 Å². The standard InChI is InChI=1S/C20H14F3NO3S/c21-20(22,23)15-4-2-1-3-13(15)9-10-16(25)14-7-5-12(6-8-14)11-17-18(26)24-19(27)28-17/h1-10,17H,11H2,(H,24,26,27)/b10-9+. The number of halogens is 3.